The highest BCUT2D eigenvalue weighted by Gasteiger charge is 2.17. The number of fused-ring (bicyclic) bond motifs is 2. The number of hydrogen-bond acceptors (Lipinski definition) is 11. The fourth-order valence-corrected chi connectivity index (χ4v) is 9.26. The maximum absolute atomic E-state index is 13.2. The zero-order chi connectivity index (χ0) is 54.5. The fourth-order valence-electron chi connectivity index (χ4n) is 8.12. The summed E-state index contributed by atoms with van der Waals surface area (Å²) < 4.78 is 26.4. The Hall–Kier alpha value is -10.5. The first kappa shape index (κ1) is 52.4. The number of hydrogen-bond donors (Lipinski definition) is 0. The standard InChI is InChI=1S/C67H40O9S2/c1-72-63-55-14-6-10-47(24-16-43-18-26-49(59(38-43)64(68)73-2)28-20-45-22-30-51(61(40-45)66(70)75-4)32-34-53-12-8-36-77-53)57(55)42-58-48(11-7-15-56(58)63)25-17-44-19-27-50(60(39-44)65(69)74-3)29-21-46-23-31-52(62(41-46)67(71)76-5)33-35-54-13-9-37-78-54/h6-15,18-19,22-23,26-27,30-31,36-42H,1-5H3. The Kier molecular flexibility index (Phi) is 16.3. The predicted octanol–water partition coefficient (Wildman–Crippen LogP) is 11.7. The zero-order valence-corrected chi connectivity index (χ0v) is 44.1. The second-order valence-electron chi connectivity index (χ2n) is 16.7. The molecule has 0 bridgehead atoms. The number of rotatable bonds is 5. The van der Waals surface area contributed by atoms with Gasteiger partial charge in [0.1, 0.15) is 5.75 Å². The number of carbonyl (C=O) groups excluding carboxylic acids is 4. The van der Waals surface area contributed by atoms with E-state index < -0.39 is 23.9 Å². The summed E-state index contributed by atoms with van der Waals surface area (Å²) in [6, 6.07) is 41.6. The Morgan fingerprint density at radius 3 is 0.936 bits per heavy atom. The Morgan fingerprint density at radius 1 is 0.321 bits per heavy atom. The van der Waals surface area contributed by atoms with Gasteiger partial charge in [0.2, 0.25) is 0 Å². The summed E-state index contributed by atoms with van der Waals surface area (Å²) in [4.78, 5) is 53.6. The van der Waals surface area contributed by atoms with Gasteiger partial charge in [-0.25, -0.2) is 19.2 Å². The van der Waals surface area contributed by atoms with E-state index in [1.165, 1.54) is 51.1 Å². The highest BCUT2D eigenvalue weighted by atomic mass is 32.1. The van der Waals surface area contributed by atoms with Gasteiger partial charge in [0, 0.05) is 77.2 Å². The monoisotopic (exact) mass is 1050 g/mol. The van der Waals surface area contributed by atoms with Crippen LogP contribution in [-0.2, 0) is 18.9 Å². The number of benzene rings is 7. The van der Waals surface area contributed by atoms with E-state index in [4.69, 9.17) is 23.7 Å². The Balaban J connectivity index is 1.02. The van der Waals surface area contributed by atoms with Crippen molar-refractivity contribution < 1.29 is 42.9 Å². The van der Waals surface area contributed by atoms with Crippen molar-refractivity contribution in [3.63, 3.8) is 0 Å². The van der Waals surface area contributed by atoms with E-state index in [0.717, 1.165) is 31.3 Å². The summed E-state index contributed by atoms with van der Waals surface area (Å²) >= 11 is 3.00. The SMILES string of the molecule is COC(=O)c1cc(C#Cc2cccc3c(OC)c4cccc(C#Cc5ccc(C#Cc6ccc(C#Cc7cccs7)c(C(=O)OC)c6)c(C(=O)OC)c5)c4cc23)ccc1C#Cc1ccc(C#Cc2cccs2)c(C(=O)OC)c1. The van der Waals surface area contributed by atoms with Crippen LogP contribution in [0.1, 0.15) is 107 Å². The van der Waals surface area contributed by atoms with Crippen LogP contribution in [-0.4, -0.2) is 59.4 Å². The molecule has 374 valence electrons. The molecule has 7 aromatic carbocycles. The lowest BCUT2D eigenvalue weighted by atomic mass is 9.95. The topological polar surface area (TPSA) is 114 Å². The largest absolute Gasteiger partial charge is 0.495 e. The van der Waals surface area contributed by atoms with Crippen LogP contribution in [0, 0.1) is 71.0 Å². The van der Waals surface area contributed by atoms with E-state index in [0.29, 0.717) is 61.4 Å². The van der Waals surface area contributed by atoms with E-state index in [1.54, 1.807) is 79.9 Å². The van der Waals surface area contributed by atoms with Gasteiger partial charge in [0.25, 0.3) is 0 Å². The summed E-state index contributed by atoms with van der Waals surface area (Å²) in [6.07, 6.45) is 0. The van der Waals surface area contributed by atoms with Crippen LogP contribution < -0.4 is 4.74 Å². The molecule has 9 nitrogen and oxygen atoms in total. The van der Waals surface area contributed by atoms with E-state index in [2.05, 4.69) is 71.0 Å². The first-order valence-electron chi connectivity index (χ1n) is 23.7. The Labute approximate surface area is 458 Å². The van der Waals surface area contributed by atoms with Crippen molar-refractivity contribution in [2.75, 3.05) is 35.5 Å². The van der Waals surface area contributed by atoms with Crippen LogP contribution in [0.3, 0.4) is 0 Å². The molecule has 0 amide bonds. The fraction of sp³-hybridized carbons (Fsp3) is 0.0746. The molecule has 0 N–H and O–H groups in total. The molecule has 0 radical (unpaired) electrons. The summed E-state index contributed by atoms with van der Waals surface area (Å²) in [6.45, 7) is 0. The van der Waals surface area contributed by atoms with Gasteiger partial charge >= 0.3 is 23.9 Å². The lowest BCUT2D eigenvalue weighted by molar-refractivity contribution is 0.0591. The van der Waals surface area contributed by atoms with Gasteiger partial charge in [-0.15, -0.1) is 22.7 Å². The van der Waals surface area contributed by atoms with Crippen LogP contribution in [0.2, 0.25) is 0 Å². The second kappa shape index (κ2) is 24.2. The van der Waals surface area contributed by atoms with E-state index in [9.17, 15) is 19.2 Å². The number of thiophene rings is 2. The molecule has 0 aliphatic rings. The molecule has 0 saturated heterocycles. The van der Waals surface area contributed by atoms with Crippen molar-refractivity contribution in [3.8, 4) is 76.8 Å². The van der Waals surface area contributed by atoms with Gasteiger partial charge in [-0.3, -0.25) is 0 Å². The third kappa shape index (κ3) is 11.9. The van der Waals surface area contributed by atoms with Crippen molar-refractivity contribution >= 4 is 68.1 Å². The molecule has 0 aliphatic carbocycles. The molecule has 9 rings (SSSR count). The molecule has 0 atom stereocenters. The molecule has 2 aromatic heterocycles. The summed E-state index contributed by atoms with van der Waals surface area (Å²) in [7, 11) is 6.83. The molecule has 0 aliphatic heterocycles. The lowest BCUT2D eigenvalue weighted by Crippen LogP contribution is -2.05. The number of esters is 4. The first-order chi connectivity index (χ1) is 38.1. The van der Waals surface area contributed by atoms with Crippen molar-refractivity contribution in [3.05, 3.63) is 238 Å². The quantitative estimate of drug-likeness (QED) is 0.0719. The molecule has 0 saturated carbocycles. The average molecular weight is 1050 g/mol. The van der Waals surface area contributed by atoms with E-state index in [-0.39, 0.29) is 22.3 Å². The minimum Gasteiger partial charge on any atom is -0.495 e. The number of methoxy groups -OCH3 is 5. The number of ether oxygens (including phenoxy) is 5. The maximum atomic E-state index is 13.2. The lowest BCUT2D eigenvalue weighted by Gasteiger charge is -2.12. The van der Waals surface area contributed by atoms with Crippen molar-refractivity contribution in [2.45, 2.75) is 0 Å². The molecule has 0 spiro atoms. The summed E-state index contributed by atoms with van der Waals surface area (Å²) in [5, 5.41) is 7.14. The van der Waals surface area contributed by atoms with Crippen LogP contribution >= 0.6 is 22.7 Å². The van der Waals surface area contributed by atoms with E-state index >= 15 is 0 Å². The third-order valence-corrected chi connectivity index (χ3v) is 13.5. The van der Waals surface area contributed by atoms with Gasteiger partial charge in [-0.2, -0.15) is 0 Å². The minimum absolute atomic E-state index is 0.215. The third-order valence-electron chi connectivity index (χ3n) is 11.9. The molecule has 0 unspecified atom stereocenters. The van der Waals surface area contributed by atoms with Crippen LogP contribution in [0.5, 0.6) is 5.75 Å². The van der Waals surface area contributed by atoms with Crippen molar-refractivity contribution in [1.82, 2.24) is 0 Å². The van der Waals surface area contributed by atoms with Crippen molar-refractivity contribution in [2.24, 2.45) is 0 Å². The molecule has 2 heterocycles. The highest BCUT2D eigenvalue weighted by Crippen LogP contribution is 2.37. The maximum Gasteiger partial charge on any atom is 0.339 e. The smallest absolute Gasteiger partial charge is 0.339 e. The summed E-state index contributed by atoms with van der Waals surface area (Å²) in [5.74, 6) is 36.0. The van der Waals surface area contributed by atoms with E-state index in [1.807, 2.05) is 77.5 Å². The second-order valence-corrected chi connectivity index (χ2v) is 18.6. The molecule has 0 fully saturated rings. The van der Waals surface area contributed by atoms with Crippen molar-refractivity contribution in [1.29, 1.82) is 0 Å². The molecule has 78 heavy (non-hydrogen) atoms. The minimum atomic E-state index is -0.593. The van der Waals surface area contributed by atoms with Crippen LogP contribution in [0.4, 0.5) is 0 Å². The highest BCUT2D eigenvalue weighted by molar-refractivity contribution is 7.10. The van der Waals surface area contributed by atoms with Crippen LogP contribution in [0.15, 0.2) is 150 Å². The molecular weight excluding hydrogens is 1010 g/mol. The Morgan fingerprint density at radius 2 is 0.641 bits per heavy atom. The van der Waals surface area contributed by atoms with Gasteiger partial charge in [-0.1, -0.05) is 107 Å². The molecule has 9 aromatic rings. The van der Waals surface area contributed by atoms with Gasteiger partial charge in [-0.05, 0) is 114 Å². The van der Waals surface area contributed by atoms with Gasteiger partial charge in [0.05, 0.1) is 67.6 Å². The predicted molar refractivity (Wildman–Crippen MR) is 304 cm³/mol. The first-order valence-corrected chi connectivity index (χ1v) is 25.4. The average Bonchev–Trinajstić information content (AvgIpc) is 4.24. The van der Waals surface area contributed by atoms with Gasteiger partial charge < -0.3 is 23.7 Å². The Bertz CT molecular complexity index is 4030. The molecular formula is C67H40O9S2. The number of carbonyl (C=O) groups is 4. The molecule has 11 heteroatoms. The van der Waals surface area contributed by atoms with Crippen LogP contribution in [0.25, 0.3) is 21.5 Å². The summed E-state index contributed by atoms with van der Waals surface area (Å²) in [5.41, 5.74) is 6.29. The normalized spacial score (nSPS) is 9.96. The van der Waals surface area contributed by atoms with Gasteiger partial charge in [0.15, 0.2) is 0 Å². The zero-order valence-electron chi connectivity index (χ0n) is 42.4.